The van der Waals surface area contributed by atoms with Gasteiger partial charge in [-0.05, 0) is 49.7 Å². The highest BCUT2D eigenvalue weighted by Crippen LogP contribution is 2.25. The molecule has 1 saturated carbocycles. The minimum Gasteiger partial charge on any atom is -0.497 e. The molecular formula is C24H37N3O4. The number of methoxy groups -OCH3 is 2. The second kappa shape index (κ2) is 11.8. The lowest BCUT2D eigenvalue weighted by Gasteiger charge is -2.33. The predicted molar refractivity (Wildman–Crippen MR) is 121 cm³/mol. The molecule has 1 aliphatic heterocycles. The van der Waals surface area contributed by atoms with E-state index in [0.29, 0.717) is 31.3 Å². The van der Waals surface area contributed by atoms with Crippen molar-refractivity contribution < 1.29 is 19.1 Å². The SMILES string of the molecule is COc1ccc(CCNC(=O)CC2CCN(C(=O)NC3CCCCC3)CC2)c(OC)c1. The van der Waals surface area contributed by atoms with Crippen LogP contribution in [0.2, 0.25) is 0 Å². The predicted octanol–water partition coefficient (Wildman–Crippen LogP) is 3.51. The summed E-state index contributed by atoms with van der Waals surface area (Å²) in [6.45, 7) is 2.04. The number of urea groups is 1. The zero-order valence-corrected chi connectivity index (χ0v) is 19.0. The van der Waals surface area contributed by atoms with Crippen molar-refractivity contribution in [3.63, 3.8) is 0 Å². The fraction of sp³-hybridized carbons (Fsp3) is 0.667. The number of carbonyl (C=O) groups excluding carboxylic acids is 2. The molecule has 2 N–H and O–H groups in total. The maximum Gasteiger partial charge on any atom is 0.317 e. The molecule has 0 radical (unpaired) electrons. The summed E-state index contributed by atoms with van der Waals surface area (Å²) in [5.41, 5.74) is 1.04. The van der Waals surface area contributed by atoms with Crippen molar-refractivity contribution in [1.29, 1.82) is 0 Å². The van der Waals surface area contributed by atoms with E-state index in [9.17, 15) is 9.59 Å². The summed E-state index contributed by atoms with van der Waals surface area (Å²) in [6.07, 6.45) is 8.93. The van der Waals surface area contributed by atoms with Gasteiger partial charge in [-0.25, -0.2) is 4.79 Å². The number of nitrogens with one attached hydrogen (secondary N) is 2. The van der Waals surface area contributed by atoms with Gasteiger partial charge >= 0.3 is 6.03 Å². The summed E-state index contributed by atoms with van der Waals surface area (Å²) < 4.78 is 10.6. The topological polar surface area (TPSA) is 79.9 Å². The van der Waals surface area contributed by atoms with E-state index < -0.39 is 0 Å². The highest BCUT2D eigenvalue weighted by Gasteiger charge is 2.26. The van der Waals surface area contributed by atoms with Crippen LogP contribution in [0.3, 0.4) is 0 Å². The van der Waals surface area contributed by atoms with Crippen molar-refractivity contribution in [2.75, 3.05) is 33.9 Å². The molecule has 0 unspecified atom stereocenters. The van der Waals surface area contributed by atoms with E-state index in [1.165, 1.54) is 19.3 Å². The summed E-state index contributed by atoms with van der Waals surface area (Å²) in [4.78, 5) is 26.8. The lowest BCUT2D eigenvalue weighted by molar-refractivity contribution is -0.122. The number of amides is 3. The maximum absolute atomic E-state index is 12.5. The van der Waals surface area contributed by atoms with Crippen LogP contribution in [0.4, 0.5) is 4.79 Å². The van der Waals surface area contributed by atoms with E-state index in [4.69, 9.17) is 9.47 Å². The Balaban J connectivity index is 1.34. The monoisotopic (exact) mass is 431 g/mol. The third-order valence-corrected chi connectivity index (χ3v) is 6.52. The zero-order valence-electron chi connectivity index (χ0n) is 19.0. The molecule has 31 heavy (non-hydrogen) atoms. The second-order valence-corrected chi connectivity index (χ2v) is 8.70. The van der Waals surface area contributed by atoms with Gasteiger partial charge in [0, 0.05) is 38.2 Å². The standard InChI is InChI=1S/C24H37N3O4/c1-30-21-9-8-19(22(17-21)31-2)10-13-25-23(28)16-18-11-14-27(15-12-18)24(29)26-20-6-4-3-5-7-20/h8-9,17-18,20H,3-7,10-16H2,1-2H3,(H,25,28)(H,26,29). The Morgan fingerprint density at radius 2 is 1.77 bits per heavy atom. The lowest BCUT2D eigenvalue weighted by atomic mass is 9.93. The molecule has 7 heteroatoms. The van der Waals surface area contributed by atoms with Crippen LogP contribution in [0.5, 0.6) is 11.5 Å². The molecular weight excluding hydrogens is 394 g/mol. The van der Waals surface area contributed by atoms with Gasteiger partial charge in [0.2, 0.25) is 5.91 Å². The minimum atomic E-state index is 0.0724. The zero-order chi connectivity index (χ0) is 22.1. The van der Waals surface area contributed by atoms with E-state index in [-0.39, 0.29) is 11.9 Å². The Bertz CT molecular complexity index is 726. The fourth-order valence-corrected chi connectivity index (χ4v) is 4.58. The minimum absolute atomic E-state index is 0.0724. The highest BCUT2D eigenvalue weighted by molar-refractivity contribution is 5.76. The Kier molecular flexibility index (Phi) is 8.85. The first-order valence-corrected chi connectivity index (χ1v) is 11.6. The third-order valence-electron chi connectivity index (χ3n) is 6.52. The van der Waals surface area contributed by atoms with E-state index >= 15 is 0 Å². The fourth-order valence-electron chi connectivity index (χ4n) is 4.58. The number of likely N-dealkylation sites (tertiary alicyclic amines) is 1. The van der Waals surface area contributed by atoms with Gasteiger partial charge in [-0.3, -0.25) is 4.79 Å². The van der Waals surface area contributed by atoms with Gasteiger partial charge in [0.25, 0.3) is 0 Å². The maximum atomic E-state index is 12.5. The average Bonchev–Trinajstić information content (AvgIpc) is 2.80. The number of hydrogen-bond acceptors (Lipinski definition) is 4. The van der Waals surface area contributed by atoms with Crippen molar-refractivity contribution in [2.45, 2.75) is 63.8 Å². The van der Waals surface area contributed by atoms with Gasteiger partial charge in [0.05, 0.1) is 14.2 Å². The Morgan fingerprint density at radius 1 is 1.03 bits per heavy atom. The largest absolute Gasteiger partial charge is 0.497 e. The average molecular weight is 432 g/mol. The van der Waals surface area contributed by atoms with E-state index in [2.05, 4.69) is 10.6 Å². The first-order chi connectivity index (χ1) is 15.1. The van der Waals surface area contributed by atoms with Crippen molar-refractivity contribution >= 4 is 11.9 Å². The molecule has 3 rings (SSSR count). The van der Waals surface area contributed by atoms with Crippen molar-refractivity contribution in [2.24, 2.45) is 5.92 Å². The molecule has 1 aromatic carbocycles. The highest BCUT2D eigenvalue weighted by atomic mass is 16.5. The van der Waals surface area contributed by atoms with E-state index in [1.807, 2.05) is 23.1 Å². The van der Waals surface area contributed by atoms with Crippen molar-refractivity contribution in [3.05, 3.63) is 23.8 Å². The summed E-state index contributed by atoms with van der Waals surface area (Å²) in [5.74, 6) is 1.95. The number of piperidine rings is 1. The van der Waals surface area contributed by atoms with Gasteiger partial charge in [-0.2, -0.15) is 0 Å². The van der Waals surface area contributed by atoms with Crippen LogP contribution in [0.15, 0.2) is 18.2 Å². The first kappa shape index (κ1) is 23.2. The molecule has 1 heterocycles. The number of ether oxygens (including phenoxy) is 2. The third kappa shape index (κ3) is 7.04. The molecule has 7 nitrogen and oxygen atoms in total. The molecule has 0 bridgehead atoms. The van der Waals surface area contributed by atoms with E-state index in [0.717, 1.165) is 55.8 Å². The van der Waals surface area contributed by atoms with Crippen molar-refractivity contribution in [1.82, 2.24) is 15.5 Å². The van der Waals surface area contributed by atoms with Crippen molar-refractivity contribution in [3.8, 4) is 11.5 Å². The van der Waals surface area contributed by atoms with Crippen LogP contribution >= 0.6 is 0 Å². The van der Waals surface area contributed by atoms with Gasteiger partial charge in [-0.1, -0.05) is 25.3 Å². The summed E-state index contributed by atoms with van der Waals surface area (Å²) in [6, 6.07) is 6.14. The van der Waals surface area contributed by atoms with E-state index in [1.54, 1.807) is 14.2 Å². The number of benzene rings is 1. The number of nitrogens with zero attached hydrogens (tertiary/aromatic N) is 1. The number of rotatable bonds is 8. The Hall–Kier alpha value is -2.44. The molecule has 0 aromatic heterocycles. The van der Waals surface area contributed by atoms with Crippen LogP contribution in [0, 0.1) is 5.92 Å². The molecule has 1 saturated heterocycles. The summed E-state index contributed by atoms with van der Waals surface area (Å²) in [5, 5.41) is 6.22. The molecule has 2 aliphatic rings. The van der Waals surface area contributed by atoms with Crippen LogP contribution in [-0.4, -0.2) is 56.7 Å². The molecule has 3 amide bonds. The second-order valence-electron chi connectivity index (χ2n) is 8.70. The lowest BCUT2D eigenvalue weighted by Crippen LogP contribution is -2.48. The van der Waals surface area contributed by atoms with Crippen LogP contribution < -0.4 is 20.1 Å². The molecule has 172 valence electrons. The summed E-state index contributed by atoms with van der Waals surface area (Å²) >= 11 is 0. The van der Waals surface area contributed by atoms with Crippen LogP contribution in [0.25, 0.3) is 0 Å². The number of hydrogen-bond donors (Lipinski definition) is 2. The van der Waals surface area contributed by atoms with Gasteiger partial charge < -0.3 is 25.0 Å². The molecule has 1 aliphatic carbocycles. The number of carbonyl (C=O) groups is 2. The molecule has 0 spiro atoms. The smallest absolute Gasteiger partial charge is 0.317 e. The molecule has 2 fully saturated rings. The Morgan fingerprint density at radius 3 is 2.45 bits per heavy atom. The Labute approximate surface area is 185 Å². The van der Waals surface area contributed by atoms with Gasteiger partial charge in [0.1, 0.15) is 11.5 Å². The van der Waals surface area contributed by atoms with Gasteiger partial charge in [0.15, 0.2) is 0 Å². The van der Waals surface area contributed by atoms with Crippen LogP contribution in [-0.2, 0) is 11.2 Å². The first-order valence-electron chi connectivity index (χ1n) is 11.6. The summed E-state index contributed by atoms with van der Waals surface area (Å²) in [7, 11) is 3.26. The quantitative estimate of drug-likeness (QED) is 0.660. The van der Waals surface area contributed by atoms with Gasteiger partial charge in [-0.15, -0.1) is 0 Å². The normalized spacial score (nSPS) is 17.8. The van der Waals surface area contributed by atoms with Crippen LogP contribution in [0.1, 0.15) is 56.9 Å². The molecule has 0 atom stereocenters. The molecule has 1 aromatic rings.